The molecular weight excluding hydrogens is 303 g/mol. The zero-order valence-corrected chi connectivity index (χ0v) is 14.4. The summed E-state index contributed by atoms with van der Waals surface area (Å²) < 4.78 is 24.9. The lowest BCUT2D eigenvalue weighted by molar-refractivity contribution is -0.205. The van der Waals surface area contributed by atoms with Crippen molar-refractivity contribution in [1.29, 1.82) is 0 Å². The Morgan fingerprint density at radius 1 is 1.12 bits per heavy atom. The molecule has 1 fully saturated rings. The highest BCUT2D eigenvalue weighted by Crippen LogP contribution is 2.34. The minimum atomic E-state index is -0.249. The second-order valence-electron chi connectivity index (χ2n) is 6.80. The summed E-state index contributed by atoms with van der Waals surface area (Å²) in [4.78, 5) is 0. The van der Waals surface area contributed by atoms with Crippen LogP contribution in [0.4, 0.5) is 4.39 Å². The highest BCUT2D eigenvalue weighted by atomic mass is 19.1. The molecule has 1 aliphatic carbocycles. The Bertz CT molecular complexity index is 568. The summed E-state index contributed by atoms with van der Waals surface area (Å²) in [5, 5.41) is 0. The van der Waals surface area contributed by atoms with Crippen molar-refractivity contribution in [1.82, 2.24) is 0 Å². The van der Waals surface area contributed by atoms with Gasteiger partial charge in [0.1, 0.15) is 0 Å². The number of ether oxygens (including phenoxy) is 2. The van der Waals surface area contributed by atoms with Gasteiger partial charge in [0.25, 0.3) is 0 Å². The van der Waals surface area contributed by atoms with E-state index in [1.54, 1.807) is 6.08 Å². The fourth-order valence-electron chi connectivity index (χ4n) is 3.43. The van der Waals surface area contributed by atoms with Gasteiger partial charge >= 0.3 is 0 Å². The fourth-order valence-corrected chi connectivity index (χ4v) is 3.43. The molecule has 0 radical (unpaired) electrons. The van der Waals surface area contributed by atoms with Crippen molar-refractivity contribution in [3.63, 3.8) is 0 Å². The molecule has 2 nitrogen and oxygen atoms in total. The van der Waals surface area contributed by atoms with Gasteiger partial charge < -0.3 is 9.47 Å². The van der Waals surface area contributed by atoms with E-state index in [-0.39, 0.29) is 12.1 Å². The molecule has 1 aromatic carbocycles. The van der Waals surface area contributed by atoms with Crippen LogP contribution in [0, 0.1) is 5.92 Å². The Labute approximate surface area is 144 Å². The van der Waals surface area contributed by atoms with Crippen LogP contribution in [-0.2, 0) is 9.47 Å². The van der Waals surface area contributed by atoms with E-state index in [2.05, 4.69) is 36.4 Å². The number of rotatable bonds is 5. The molecule has 1 aliphatic heterocycles. The van der Waals surface area contributed by atoms with Crippen LogP contribution in [0.5, 0.6) is 0 Å². The van der Waals surface area contributed by atoms with Gasteiger partial charge in [0, 0.05) is 11.5 Å². The van der Waals surface area contributed by atoms with E-state index in [0.717, 1.165) is 44.5 Å². The van der Waals surface area contributed by atoms with Crippen molar-refractivity contribution in [2.45, 2.75) is 51.2 Å². The first-order chi connectivity index (χ1) is 11.8. The molecule has 1 aromatic rings. The zero-order chi connectivity index (χ0) is 16.8. The predicted octanol–water partition coefficient (Wildman–Crippen LogP) is 5.83. The molecule has 0 spiro atoms. The standard InChI is InChI=1S/C21H27FO2/c1-2-3-4-5-16-14-23-21(24-15-16)19-8-6-17(7-9-19)18-10-12-20(22)13-11-18/h2-3,6-9,12,16,18,21H,4-5,10-11,13-15H2,1H3/b3-2+. The first kappa shape index (κ1) is 17.4. The van der Waals surface area contributed by atoms with Crippen LogP contribution in [0.1, 0.15) is 62.4 Å². The number of benzene rings is 1. The highest BCUT2D eigenvalue weighted by molar-refractivity contribution is 5.27. The molecule has 0 N–H and O–H groups in total. The van der Waals surface area contributed by atoms with Crippen molar-refractivity contribution in [2.75, 3.05) is 13.2 Å². The molecule has 0 aromatic heterocycles. The molecular formula is C21H27FO2. The number of hydrogen-bond acceptors (Lipinski definition) is 2. The van der Waals surface area contributed by atoms with Crippen LogP contribution >= 0.6 is 0 Å². The predicted molar refractivity (Wildman–Crippen MR) is 94.4 cm³/mol. The second kappa shape index (κ2) is 8.59. The van der Waals surface area contributed by atoms with E-state index in [4.69, 9.17) is 9.47 Å². The highest BCUT2D eigenvalue weighted by Gasteiger charge is 2.23. The molecule has 1 unspecified atom stereocenters. The Kier molecular flexibility index (Phi) is 6.22. The van der Waals surface area contributed by atoms with Crippen molar-refractivity contribution in [3.8, 4) is 0 Å². The lowest BCUT2D eigenvalue weighted by atomic mass is 9.87. The molecule has 1 saturated heterocycles. The topological polar surface area (TPSA) is 18.5 Å². The quantitative estimate of drug-likeness (QED) is 0.633. The van der Waals surface area contributed by atoms with Gasteiger partial charge in [-0.05, 0) is 50.5 Å². The van der Waals surface area contributed by atoms with Crippen LogP contribution in [0.25, 0.3) is 0 Å². The van der Waals surface area contributed by atoms with Gasteiger partial charge in [-0.1, -0.05) is 42.5 Å². The normalized spacial score (nSPS) is 28.1. The maximum Gasteiger partial charge on any atom is 0.183 e. The van der Waals surface area contributed by atoms with Crippen LogP contribution in [0.15, 0.2) is 48.3 Å². The molecule has 1 heterocycles. The number of allylic oxidation sites excluding steroid dienone is 4. The molecule has 1 atom stereocenters. The largest absolute Gasteiger partial charge is 0.348 e. The molecule has 24 heavy (non-hydrogen) atoms. The summed E-state index contributed by atoms with van der Waals surface area (Å²) in [6.45, 7) is 3.57. The first-order valence-electron chi connectivity index (χ1n) is 9.05. The SMILES string of the molecule is C/C=C/CCC1COC(c2ccc(C3CC=C(F)CC3)cc2)OC1. The van der Waals surface area contributed by atoms with Crippen molar-refractivity contribution >= 4 is 0 Å². The van der Waals surface area contributed by atoms with Gasteiger partial charge in [-0.2, -0.15) is 0 Å². The third kappa shape index (κ3) is 4.55. The van der Waals surface area contributed by atoms with E-state index in [1.807, 2.05) is 6.92 Å². The molecule has 0 bridgehead atoms. The second-order valence-corrected chi connectivity index (χ2v) is 6.80. The summed E-state index contributed by atoms with van der Waals surface area (Å²) in [5.74, 6) is 0.958. The van der Waals surface area contributed by atoms with Gasteiger partial charge in [-0.3, -0.25) is 0 Å². The van der Waals surface area contributed by atoms with Gasteiger partial charge in [-0.15, -0.1) is 0 Å². The van der Waals surface area contributed by atoms with Crippen LogP contribution in [0.2, 0.25) is 0 Å². The zero-order valence-electron chi connectivity index (χ0n) is 14.4. The number of hydrogen-bond donors (Lipinski definition) is 0. The molecule has 0 saturated carbocycles. The van der Waals surface area contributed by atoms with E-state index < -0.39 is 0 Å². The minimum absolute atomic E-state index is 0.0378. The summed E-state index contributed by atoms with van der Waals surface area (Å²) in [7, 11) is 0. The van der Waals surface area contributed by atoms with E-state index >= 15 is 0 Å². The first-order valence-corrected chi connectivity index (χ1v) is 9.05. The van der Waals surface area contributed by atoms with E-state index in [0.29, 0.717) is 18.3 Å². The average molecular weight is 330 g/mol. The van der Waals surface area contributed by atoms with Gasteiger partial charge in [0.05, 0.1) is 19.0 Å². The van der Waals surface area contributed by atoms with Crippen molar-refractivity contribution < 1.29 is 13.9 Å². The van der Waals surface area contributed by atoms with Crippen LogP contribution < -0.4 is 0 Å². The van der Waals surface area contributed by atoms with Crippen LogP contribution in [-0.4, -0.2) is 13.2 Å². The smallest absolute Gasteiger partial charge is 0.183 e. The summed E-state index contributed by atoms with van der Waals surface area (Å²) >= 11 is 0. The Hall–Kier alpha value is -1.45. The Balaban J connectivity index is 1.51. The summed E-state index contributed by atoms with van der Waals surface area (Å²) in [6, 6.07) is 8.47. The lowest BCUT2D eigenvalue weighted by Gasteiger charge is -2.29. The Morgan fingerprint density at radius 2 is 1.83 bits per heavy atom. The summed E-state index contributed by atoms with van der Waals surface area (Å²) in [6.07, 6.45) is 10.2. The monoisotopic (exact) mass is 330 g/mol. The fraction of sp³-hybridized carbons (Fsp3) is 0.524. The third-order valence-corrected chi connectivity index (χ3v) is 4.98. The maximum absolute atomic E-state index is 13.1. The van der Waals surface area contributed by atoms with Crippen molar-refractivity contribution in [3.05, 3.63) is 59.4 Å². The van der Waals surface area contributed by atoms with Gasteiger partial charge in [0.15, 0.2) is 6.29 Å². The molecule has 3 rings (SSSR count). The van der Waals surface area contributed by atoms with E-state index in [1.165, 1.54) is 5.56 Å². The maximum atomic E-state index is 13.1. The molecule has 2 aliphatic rings. The summed E-state index contributed by atoms with van der Waals surface area (Å²) in [5.41, 5.74) is 2.35. The van der Waals surface area contributed by atoms with Crippen molar-refractivity contribution in [2.24, 2.45) is 5.92 Å². The van der Waals surface area contributed by atoms with Crippen LogP contribution in [0.3, 0.4) is 0 Å². The van der Waals surface area contributed by atoms with E-state index in [9.17, 15) is 4.39 Å². The number of halogens is 1. The lowest BCUT2D eigenvalue weighted by Crippen LogP contribution is -2.27. The molecule has 130 valence electrons. The minimum Gasteiger partial charge on any atom is -0.348 e. The Morgan fingerprint density at radius 3 is 2.46 bits per heavy atom. The average Bonchev–Trinajstić information content (AvgIpc) is 2.63. The molecule has 3 heteroatoms. The molecule has 0 amide bonds. The third-order valence-electron chi connectivity index (χ3n) is 4.98. The van der Waals surface area contributed by atoms with Gasteiger partial charge in [-0.25, -0.2) is 4.39 Å². The van der Waals surface area contributed by atoms with Gasteiger partial charge in [0.2, 0.25) is 0 Å².